The number of carbonyl (C=O) groups excluding carboxylic acids is 1. The molecule has 2 aliphatic rings. The van der Waals surface area contributed by atoms with E-state index in [9.17, 15) is 27.9 Å². The minimum absolute atomic E-state index is 0.0695. The molecule has 2 N–H and O–H groups in total. The van der Waals surface area contributed by atoms with Crippen LogP contribution in [-0.4, -0.2) is 32.3 Å². The van der Waals surface area contributed by atoms with Crippen molar-refractivity contribution in [1.29, 1.82) is 0 Å². The molecule has 9 heteroatoms. The van der Waals surface area contributed by atoms with E-state index in [1.165, 1.54) is 24.3 Å². The average molecular weight is 379 g/mol. The quantitative estimate of drug-likeness (QED) is 0.856. The van der Waals surface area contributed by atoms with Crippen molar-refractivity contribution >= 4 is 11.9 Å². The number of amides is 1. The van der Waals surface area contributed by atoms with E-state index in [1.54, 1.807) is 0 Å². The van der Waals surface area contributed by atoms with Gasteiger partial charge in [-0.25, -0.2) is 9.48 Å². The van der Waals surface area contributed by atoms with Crippen molar-refractivity contribution in [3.05, 3.63) is 47.8 Å². The average Bonchev–Trinajstić information content (AvgIpc) is 3.06. The van der Waals surface area contributed by atoms with Gasteiger partial charge in [-0.2, -0.15) is 18.3 Å². The number of carboxylic acid groups (broad SMARTS) is 1. The second-order valence-corrected chi connectivity index (χ2v) is 7.05. The molecule has 0 saturated heterocycles. The predicted octanol–water partition coefficient (Wildman–Crippen LogP) is 2.87. The zero-order chi connectivity index (χ0) is 19.4. The Kier molecular flexibility index (Phi) is 3.79. The minimum Gasteiger partial charge on any atom is -0.479 e. The van der Waals surface area contributed by atoms with Crippen LogP contribution in [0.3, 0.4) is 0 Å². The summed E-state index contributed by atoms with van der Waals surface area (Å²) in [5.74, 6) is -1.44. The third-order valence-electron chi connectivity index (χ3n) is 5.47. The Morgan fingerprint density at radius 1 is 1.30 bits per heavy atom. The van der Waals surface area contributed by atoms with Crippen LogP contribution in [-0.2, 0) is 11.0 Å². The lowest BCUT2D eigenvalue weighted by atomic mass is 9.92. The van der Waals surface area contributed by atoms with Gasteiger partial charge in [0.2, 0.25) is 0 Å². The van der Waals surface area contributed by atoms with Gasteiger partial charge in [0, 0.05) is 5.56 Å². The van der Waals surface area contributed by atoms with Crippen LogP contribution in [0.1, 0.15) is 35.3 Å². The summed E-state index contributed by atoms with van der Waals surface area (Å²) in [6.45, 7) is 0. The number of fused-ring (bicyclic) bond motifs is 1. The van der Waals surface area contributed by atoms with Crippen LogP contribution >= 0.6 is 0 Å². The number of carboxylic acids is 1. The second-order valence-electron chi connectivity index (χ2n) is 7.05. The van der Waals surface area contributed by atoms with Crippen LogP contribution in [0.2, 0.25) is 0 Å². The predicted molar refractivity (Wildman–Crippen MR) is 87.2 cm³/mol. The van der Waals surface area contributed by atoms with Crippen molar-refractivity contribution in [2.75, 3.05) is 0 Å². The lowest BCUT2D eigenvalue weighted by Crippen LogP contribution is -2.55. The van der Waals surface area contributed by atoms with Gasteiger partial charge in [0.1, 0.15) is 11.2 Å². The van der Waals surface area contributed by atoms with E-state index in [2.05, 4.69) is 10.4 Å². The van der Waals surface area contributed by atoms with Crippen molar-refractivity contribution < 1.29 is 27.9 Å². The largest absolute Gasteiger partial charge is 0.479 e. The Morgan fingerprint density at radius 2 is 2.07 bits per heavy atom. The lowest BCUT2D eigenvalue weighted by molar-refractivity contribution is -0.145. The van der Waals surface area contributed by atoms with E-state index in [-0.39, 0.29) is 17.2 Å². The van der Waals surface area contributed by atoms with Gasteiger partial charge in [0.25, 0.3) is 5.91 Å². The Hall–Kier alpha value is -2.84. The molecule has 2 fully saturated rings. The van der Waals surface area contributed by atoms with Crippen molar-refractivity contribution in [3.8, 4) is 5.69 Å². The third-order valence-corrected chi connectivity index (χ3v) is 5.47. The topological polar surface area (TPSA) is 84.2 Å². The Balaban J connectivity index is 1.63. The number of carbonyl (C=O) groups is 2. The second kappa shape index (κ2) is 5.83. The van der Waals surface area contributed by atoms with Gasteiger partial charge in [-0.3, -0.25) is 4.79 Å². The van der Waals surface area contributed by atoms with Gasteiger partial charge in [0.15, 0.2) is 0 Å². The monoisotopic (exact) mass is 379 g/mol. The molecule has 3 atom stereocenters. The highest BCUT2D eigenvalue weighted by Crippen LogP contribution is 2.57. The normalized spacial score (nSPS) is 26.5. The van der Waals surface area contributed by atoms with E-state index in [4.69, 9.17) is 0 Å². The molecule has 2 aliphatic carbocycles. The van der Waals surface area contributed by atoms with E-state index >= 15 is 0 Å². The number of halogens is 3. The molecular weight excluding hydrogens is 363 g/mol. The van der Waals surface area contributed by atoms with Crippen LogP contribution in [0.4, 0.5) is 13.2 Å². The number of rotatable bonds is 4. The summed E-state index contributed by atoms with van der Waals surface area (Å²) in [6.07, 6.45) is -1.68. The van der Waals surface area contributed by atoms with Crippen molar-refractivity contribution in [3.63, 3.8) is 0 Å². The number of aliphatic carboxylic acids is 1. The van der Waals surface area contributed by atoms with E-state index in [0.29, 0.717) is 17.0 Å². The first-order valence-electron chi connectivity index (χ1n) is 8.50. The summed E-state index contributed by atoms with van der Waals surface area (Å²) in [5, 5.41) is 15.9. The molecule has 0 radical (unpaired) electrons. The van der Waals surface area contributed by atoms with Gasteiger partial charge in [-0.1, -0.05) is 6.07 Å². The minimum atomic E-state index is -4.59. The van der Waals surface area contributed by atoms with E-state index < -0.39 is 29.3 Å². The SMILES string of the molecule is O=C(NC1(C(=O)O)CCC2CC21)c1cccc(-n2nccc2C(F)(F)F)c1. The zero-order valence-electron chi connectivity index (χ0n) is 14.0. The van der Waals surface area contributed by atoms with Crippen LogP contribution in [0, 0.1) is 11.8 Å². The Morgan fingerprint density at radius 3 is 2.67 bits per heavy atom. The number of hydrogen-bond acceptors (Lipinski definition) is 3. The summed E-state index contributed by atoms with van der Waals surface area (Å²) >= 11 is 0. The maximum Gasteiger partial charge on any atom is 0.433 e. The molecule has 142 valence electrons. The van der Waals surface area contributed by atoms with Gasteiger partial charge >= 0.3 is 12.1 Å². The maximum atomic E-state index is 13.1. The molecule has 0 spiro atoms. The van der Waals surface area contributed by atoms with Crippen molar-refractivity contribution in [2.24, 2.45) is 11.8 Å². The molecule has 2 aromatic rings. The number of hydrogen-bond donors (Lipinski definition) is 2. The number of aromatic nitrogens is 2. The number of benzene rings is 1. The fraction of sp³-hybridized carbons (Fsp3) is 0.389. The van der Waals surface area contributed by atoms with Gasteiger partial charge in [0.05, 0.1) is 11.9 Å². The summed E-state index contributed by atoms with van der Waals surface area (Å²) in [4.78, 5) is 24.4. The summed E-state index contributed by atoms with van der Waals surface area (Å²) < 4.78 is 39.9. The molecular formula is C18H16F3N3O3. The maximum absolute atomic E-state index is 13.1. The van der Waals surface area contributed by atoms with Crippen molar-refractivity contribution in [1.82, 2.24) is 15.1 Å². The van der Waals surface area contributed by atoms with Crippen LogP contribution in [0.25, 0.3) is 5.69 Å². The fourth-order valence-electron chi connectivity index (χ4n) is 4.02. The van der Waals surface area contributed by atoms with Crippen LogP contribution in [0.5, 0.6) is 0 Å². The number of nitrogens with one attached hydrogen (secondary N) is 1. The number of alkyl halides is 3. The van der Waals surface area contributed by atoms with Gasteiger partial charge < -0.3 is 10.4 Å². The van der Waals surface area contributed by atoms with Crippen LogP contribution < -0.4 is 5.32 Å². The zero-order valence-corrected chi connectivity index (χ0v) is 14.0. The highest BCUT2D eigenvalue weighted by Gasteiger charge is 2.62. The standard InChI is InChI=1S/C18H16F3N3O3/c19-18(20,21)14-5-7-22-24(14)12-3-1-2-11(8-12)15(25)23-17(16(26)27)6-4-10-9-13(10)17/h1-3,5,7-8,10,13H,4,6,9H2,(H,23,25)(H,26,27). The molecule has 2 saturated carbocycles. The molecule has 0 bridgehead atoms. The molecule has 3 unspecified atom stereocenters. The van der Waals surface area contributed by atoms with Gasteiger partial charge in [-0.15, -0.1) is 0 Å². The van der Waals surface area contributed by atoms with E-state index in [0.717, 1.165) is 25.1 Å². The van der Waals surface area contributed by atoms with E-state index in [1.807, 2.05) is 0 Å². The highest BCUT2D eigenvalue weighted by atomic mass is 19.4. The Labute approximate surface area is 152 Å². The summed E-state index contributed by atoms with van der Waals surface area (Å²) in [7, 11) is 0. The highest BCUT2D eigenvalue weighted by molar-refractivity contribution is 5.98. The molecule has 1 aromatic heterocycles. The lowest BCUT2D eigenvalue weighted by Gasteiger charge is -2.27. The molecule has 6 nitrogen and oxygen atoms in total. The number of nitrogens with zero attached hydrogens (tertiary/aromatic N) is 2. The molecule has 4 rings (SSSR count). The molecule has 1 heterocycles. The fourth-order valence-corrected chi connectivity index (χ4v) is 4.02. The smallest absolute Gasteiger partial charge is 0.433 e. The first-order valence-corrected chi connectivity index (χ1v) is 8.50. The first kappa shape index (κ1) is 17.6. The molecule has 1 amide bonds. The van der Waals surface area contributed by atoms with Crippen LogP contribution in [0.15, 0.2) is 36.5 Å². The molecule has 27 heavy (non-hydrogen) atoms. The molecule has 0 aliphatic heterocycles. The third kappa shape index (κ3) is 2.87. The van der Waals surface area contributed by atoms with Crippen molar-refractivity contribution in [2.45, 2.75) is 31.0 Å². The Bertz CT molecular complexity index is 924. The summed E-state index contributed by atoms with van der Waals surface area (Å²) in [6, 6.07) is 6.39. The first-order chi connectivity index (χ1) is 12.7. The molecule has 1 aromatic carbocycles. The van der Waals surface area contributed by atoms with Gasteiger partial charge in [-0.05, 0) is 55.4 Å². The summed E-state index contributed by atoms with van der Waals surface area (Å²) in [5.41, 5.74) is -2.10.